The second-order valence-corrected chi connectivity index (χ2v) is 6.59. The Hall–Kier alpha value is -0.490. The zero-order valence-electron chi connectivity index (χ0n) is 11.8. The van der Waals surface area contributed by atoms with Gasteiger partial charge in [-0.2, -0.15) is 0 Å². The Labute approximate surface area is 119 Å². The highest BCUT2D eigenvalue weighted by Gasteiger charge is 2.35. The number of thiazole rings is 1. The van der Waals surface area contributed by atoms with Gasteiger partial charge in [0.05, 0.1) is 17.7 Å². The molecule has 1 aromatic rings. The van der Waals surface area contributed by atoms with Crippen LogP contribution in [0.2, 0.25) is 0 Å². The third-order valence-corrected chi connectivity index (χ3v) is 5.29. The van der Waals surface area contributed by atoms with Crippen LogP contribution in [0.3, 0.4) is 0 Å². The number of likely N-dealkylation sites (N-methyl/N-ethyl adjacent to an activating group) is 1. The number of fused-ring (bicyclic) bond motifs is 1. The first-order chi connectivity index (χ1) is 9.26. The Bertz CT molecular complexity index is 423. The Morgan fingerprint density at radius 3 is 3.26 bits per heavy atom. The maximum Gasteiger partial charge on any atom is 0.0944 e. The van der Waals surface area contributed by atoms with Crippen molar-refractivity contribution >= 4 is 11.3 Å². The van der Waals surface area contributed by atoms with Crippen molar-refractivity contribution in [1.29, 1.82) is 0 Å². The standard InChI is InChI=1S/C14H23N3OS/c1-10-9-19-14(16-10)6-12(15-2)13-7-17-5-3-4-11(17)8-18-13/h9,11-13,15H,3-8H2,1-2H3. The second-order valence-electron chi connectivity index (χ2n) is 5.64. The van der Waals surface area contributed by atoms with Crippen LogP contribution in [-0.2, 0) is 11.2 Å². The lowest BCUT2D eigenvalue weighted by molar-refractivity contribution is -0.0634. The molecule has 3 rings (SSSR count). The minimum atomic E-state index is 0.295. The molecule has 0 bridgehead atoms. The molecule has 0 amide bonds. The first-order valence-electron chi connectivity index (χ1n) is 7.20. The summed E-state index contributed by atoms with van der Waals surface area (Å²) in [6.07, 6.45) is 3.90. The van der Waals surface area contributed by atoms with Crippen LogP contribution in [0.15, 0.2) is 5.38 Å². The predicted molar refractivity (Wildman–Crippen MR) is 77.7 cm³/mol. The van der Waals surface area contributed by atoms with E-state index in [9.17, 15) is 0 Å². The number of aryl methyl sites for hydroxylation is 1. The van der Waals surface area contributed by atoms with Gasteiger partial charge in [0.1, 0.15) is 0 Å². The number of hydrogen-bond acceptors (Lipinski definition) is 5. The van der Waals surface area contributed by atoms with E-state index in [1.807, 2.05) is 7.05 Å². The van der Waals surface area contributed by atoms with Crippen molar-refractivity contribution in [1.82, 2.24) is 15.2 Å². The van der Waals surface area contributed by atoms with Crippen LogP contribution in [0.4, 0.5) is 0 Å². The van der Waals surface area contributed by atoms with E-state index in [2.05, 4.69) is 27.5 Å². The van der Waals surface area contributed by atoms with Gasteiger partial charge in [0.25, 0.3) is 0 Å². The monoisotopic (exact) mass is 281 g/mol. The van der Waals surface area contributed by atoms with E-state index >= 15 is 0 Å². The predicted octanol–water partition coefficient (Wildman–Crippen LogP) is 1.45. The summed E-state index contributed by atoms with van der Waals surface area (Å²) in [5.74, 6) is 0. The fourth-order valence-corrected chi connectivity index (χ4v) is 4.02. The van der Waals surface area contributed by atoms with Crippen molar-refractivity contribution in [3.63, 3.8) is 0 Å². The van der Waals surface area contributed by atoms with Crippen LogP contribution in [0.1, 0.15) is 23.5 Å². The van der Waals surface area contributed by atoms with E-state index in [-0.39, 0.29) is 0 Å². The quantitative estimate of drug-likeness (QED) is 0.906. The van der Waals surface area contributed by atoms with Crippen LogP contribution in [-0.4, -0.2) is 54.8 Å². The lowest BCUT2D eigenvalue weighted by Crippen LogP contribution is -2.54. The van der Waals surface area contributed by atoms with Gasteiger partial charge in [-0.1, -0.05) is 0 Å². The van der Waals surface area contributed by atoms with E-state index in [1.54, 1.807) is 11.3 Å². The van der Waals surface area contributed by atoms with Crippen LogP contribution in [0.25, 0.3) is 0 Å². The number of rotatable bonds is 4. The average molecular weight is 281 g/mol. The Morgan fingerprint density at radius 1 is 1.63 bits per heavy atom. The van der Waals surface area contributed by atoms with E-state index in [0.29, 0.717) is 18.2 Å². The van der Waals surface area contributed by atoms with Gasteiger partial charge in [0, 0.05) is 36.1 Å². The molecule has 4 nitrogen and oxygen atoms in total. The molecule has 0 aromatic carbocycles. The zero-order chi connectivity index (χ0) is 13.2. The van der Waals surface area contributed by atoms with Crippen molar-refractivity contribution in [3.05, 3.63) is 16.1 Å². The number of nitrogens with zero attached hydrogens (tertiary/aromatic N) is 2. The molecule has 3 atom stereocenters. The highest BCUT2D eigenvalue weighted by molar-refractivity contribution is 7.09. The molecule has 2 aliphatic rings. The Kier molecular flexibility index (Phi) is 4.17. The summed E-state index contributed by atoms with van der Waals surface area (Å²) < 4.78 is 6.10. The summed E-state index contributed by atoms with van der Waals surface area (Å²) in [6.45, 7) is 5.28. The largest absolute Gasteiger partial charge is 0.374 e. The molecule has 0 saturated carbocycles. The molecule has 0 spiro atoms. The van der Waals surface area contributed by atoms with Gasteiger partial charge in [0.2, 0.25) is 0 Å². The molecule has 2 aliphatic heterocycles. The Morgan fingerprint density at radius 2 is 2.53 bits per heavy atom. The molecule has 2 saturated heterocycles. The van der Waals surface area contributed by atoms with Crippen molar-refractivity contribution in [2.24, 2.45) is 0 Å². The van der Waals surface area contributed by atoms with E-state index in [4.69, 9.17) is 4.74 Å². The van der Waals surface area contributed by atoms with Gasteiger partial charge < -0.3 is 10.1 Å². The minimum absolute atomic E-state index is 0.295. The van der Waals surface area contributed by atoms with Gasteiger partial charge >= 0.3 is 0 Å². The van der Waals surface area contributed by atoms with Gasteiger partial charge in [-0.15, -0.1) is 11.3 Å². The van der Waals surface area contributed by atoms with Crippen LogP contribution >= 0.6 is 11.3 Å². The number of hydrogen-bond donors (Lipinski definition) is 1. The lowest BCUT2D eigenvalue weighted by Gasteiger charge is -2.38. The minimum Gasteiger partial charge on any atom is -0.374 e. The smallest absolute Gasteiger partial charge is 0.0944 e. The summed E-state index contributed by atoms with van der Waals surface area (Å²) in [7, 11) is 2.03. The molecule has 1 aromatic heterocycles. The van der Waals surface area contributed by atoms with Crippen molar-refractivity contribution < 1.29 is 4.74 Å². The lowest BCUT2D eigenvalue weighted by atomic mass is 10.0. The van der Waals surface area contributed by atoms with E-state index in [1.165, 1.54) is 24.4 Å². The van der Waals surface area contributed by atoms with Gasteiger partial charge in [-0.05, 0) is 33.4 Å². The van der Waals surface area contributed by atoms with Crippen LogP contribution < -0.4 is 5.32 Å². The van der Waals surface area contributed by atoms with Crippen molar-refractivity contribution in [3.8, 4) is 0 Å². The van der Waals surface area contributed by atoms with Gasteiger partial charge in [-0.25, -0.2) is 4.98 Å². The number of nitrogens with one attached hydrogen (secondary N) is 1. The summed E-state index contributed by atoms with van der Waals surface area (Å²) in [4.78, 5) is 7.17. The van der Waals surface area contributed by atoms with Crippen LogP contribution in [0.5, 0.6) is 0 Å². The Balaban J connectivity index is 1.62. The fourth-order valence-electron chi connectivity index (χ4n) is 3.19. The highest BCUT2D eigenvalue weighted by Crippen LogP contribution is 2.25. The fraction of sp³-hybridized carbons (Fsp3) is 0.786. The van der Waals surface area contributed by atoms with E-state index < -0.39 is 0 Å². The first kappa shape index (κ1) is 13.5. The van der Waals surface area contributed by atoms with Crippen molar-refractivity contribution in [2.45, 2.75) is 44.4 Å². The summed E-state index contributed by atoms with van der Waals surface area (Å²) in [6, 6.07) is 1.04. The van der Waals surface area contributed by atoms with Gasteiger partial charge in [-0.3, -0.25) is 4.90 Å². The first-order valence-corrected chi connectivity index (χ1v) is 8.08. The maximum absolute atomic E-state index is 6.10. The third-order valence-electron chi connectivity index (χ3n) is 4.30. The molecule has 5 heteroatoms. The molecule has 3 heterocycles. The summed E-state index contributed by atoms with van der Waals surface area (Å²) in [5, 5.41) is 6.76. The molecule has 0 radical (unpaired) electrons. The molecule has 106 valence electrons. The number of aromatic nitrogens is 1. The van der Waals surface area contributed by atoms with E-state index in [0.717, 1.165) is 25.3 Å². The van der Waals surface area contributed by atoms with Gasteiger partial charge in [0.15, 0.2) is 0 Å². The maximum atomic E-state index is 6.10. The second kappa shape index (κ2) is 5.87. The zero-order valence-corrected chi connectivity index (χ0v) is 12.6. The SMILES string of the molecule is CNC(Cc1nc(C)cs1)C1CN2CCCC2CO1. The molecular weight excluding hydrogens is 258 g/mol. The molecule has 0 aliphatic carbocycles. The molecule has 1 N–H and O–H groups in total. The molecule has 3 unspecified atom stereocenters. The average Bonchev–Trinajstić information content (AvgIpc) is 3.03. The van der Waals surface area contributed by atoms with Crippen molar-refractivity contribution in [2.75, 3.05) is 26.7 Å². The highest BCUT2D eigenvalue weighted by atomic mass is 32.1. The topological polar surface area (TPSA) is 37.4 Å². The molecule has 19 heavy (non-hydrogen) atoms. The molecule has 2 fully saturated rings. The number of morpholine rings is 1. The third kappa shape index (κ3) is 2.99. The molecular formula is C14H23N3OS. The normalized spacial score (nSPS) is 29.4. The van der Waals surface area contributed by atoms with Crippen LogP contribution in [0, 0.1) is 6.92 Å². The summed E-state index contributed by atoms with van der Waals surface area (Å²) in [5.41, 5.74) is 1.12. The summed E-state index contributed by atoms with van der Waals surface area (Å²) >= 11 is 1.76. The number of ether oxygens (including phenoxy) is 1.